The topological polar surface area (TPSA) is 58.1 Å². The Morgan fingerprint density at radius 3 is 2.50 bits per heavy atom. The van der Waals surface area contributed by atoms with E-state index in [1.807, 2.05) is 6.07 Å². The van der Waals surface area contributed by atoms with Gasteiger partial charge in [-0.15, -0.1) is 0 Å². The van der Waals surface area contributed by atoms with Crippen molar-refractivity contribution in [2.24, 2.45) is 4.99 Å². The molecule has 6 heteroatoms. The molecule has 1 unspecified atom stereocenters. The number of nitrogens with one attached hydrogen (secondary N) is 2. The number of aliphatic imine (C=N–C) groups is 1. The van der Waals surface area contributed by atoms with Crippen LogP contribution in [0.25, 0.3) is 0 Å². The number of hydrogen-bond acceptors (Lipinski definition) is 4. The molecule has 0 spiro atoms. The van der Waals surface area contributed by atoms with Gasteiger partial charge >= 0.3 is 0 Å². The maximum Gasteiger partial charge on any atom is 0.191 e. The Kier molecular flexibility index (Phi) is 8.38. The number of benzene rings is 1. The lowest BCUT2D eigenvalue weighted by atomic mass is 10.2. The monoisotopic (exact) mass is 362 g/mol. The summed E-state index contributed by atoms with van der Waals surface area (Å²) in [7, 11) is 3.37. The van der Waals surface area contributed by atoms with Gasteiger partial charge in [0.25, 0.3) is 0 Å². The zero-order valence-electron chi connectivity index (χ0n) is 16.7. The van der Waals surface area contributed by atoms with Crippen LogP contribution in [0, 0.1) is 0 Å². The number of nitrogens with zero attached hydrogens (tertiary/aromatic N) is 2. The smallest absolute Gasteiger partial charge is 0.191 e. The SMILES string of the molecule is CCCCCN=C(NCC)NC1CCN(c2cc(OC)cc(OC)c2)C1. The van der Waals surface area contributed by atoms with Crippen LogP contribution in [0.1, 0.15) is 39.5 Å². The van der Waals surface area contributed by atoms with Crippen molar-refractivity contribution in [3.8, 4) is 11.5 Å². The van der Waals surface area contributed by atoms with E-state index in [0.29, 0.717) is 6.04 Å². The average molecular weight is 363 g/mol. The molecule has 0 saturated carbocycles. The Morgan fingerprint density at radius 2 is 1.88 bits per heavy atom. The molecule has 0 radical (unpaired) electrons. The van der Waals surface area contributed by atoms with Gasteiger partial charge in [0.2, 0.25) is 0 Å². The summed E-state index contributed by atoms with van der Waals surface area (Å²) >= 11 is 0. The molecule has 2 N–H and O–H groups in total. The van der Waals surface area contributed by atoms with E-state index in [2.05, 4.69) is 41.5 Å². The van der Waals surface area contributed by atoms with Gasteiger partial charge in [0.15, 0.2) is 5.96 Å². The zero-order valence-corrected chi connectivity index (χ0v) is 16.7. The summed E-state index contributed by atoms with van der Waals surface area (Å²) < 4.78 is 10.8. The predicted molar refractivity (Wildman–Crippen MR) is 109 cm³/mol. The van der Waals surface area contributed by atoms with Gasteiger partial charge in [0.1, 0.15) is 11.5 Å². The highest BCUT2D eigenvalue weighted by molar-refractivity contribution is 5.80. The molecule has 0 aliphatic carbocycles. The van der Waals surface area contributed by atoms with E-state index in [9.17, 15) is 0 Å². The third kappa shape index (κ3) is 6.00. The Balaban J connectivity index is 1.96. The van der Waals surface area contributed by atoms with Gasteiger partial charge in [-0.1, -0.05) is 19.8 Å². The molecule has 1 saturated heterocycles. The number of rotatable bonds is 9. The molecule has 26 heavy (non-hydrogen) atoms. The number of ether oxygens (including phenoxy) is 2. The van der Waals surface area contributed by atoms with Crippen molar-refractivity contribution in [2.45, 2.75) is 45.6 Å². The van der Waals surface area contributed by atoms with E-state index >= 15 is 0 Å². The van der Waals surface area contributed by atoms with E-state index in [4.69, 9.17) is 14.5 Å². The largest absolute Gasteiger partial charge is 0.497 e. The van der Waals surface area contributed by atoms with Crippen molar-refractivity contribution in [1.29, 1.82) is 0 Å². The number of anilines is 1. The van der Waals surface area contributed by atoms with Crippen molar-refractivity contribution < 1.29 is 9.47 Å². The highest BCUT2D eigenvalue weighted by Crippen LogP contribution is 2.30. The average Bonchev–Trinajstić information content (AvgIpc) is 3.13. The summed E-state index contributed by atoms with van der Waals surface area (Å²) in [5.41, 5.74) is 1.13. The van der Waals surface area contributed by atoms with Crippen molar-refractivity contribution in [3.63, 3.8) is 0 Å². The number of guanidine groups is 1. The summed E-state index contributed by atoms with van der Waals surface area (Å²) in [6.45, 7) is 8.02. The molecule has 1 aliphatic rings. The normalized spacial score (nSPS) is 17.3. The third-order valence-corrected chi connectivity index (χ3v) is 4.61. The highest BCUT2D eigenvalue weighted by Gasteiger charge is 2.24. The summed E-state index contributed by atoms with van der Waals surface area (Å²) in [5, 5.41) is 6.94. The Bertz CT molecular complexity index is 555. The number of methoxy groups -OCH3 is 2. The maximum atomic E-state index is 5.39. The van der Waals surface area contributed by atoms with E-state index in [1.165, 1.54) is 12.8 Å². The fourth-order valence-electron chi connectivity index (χ4n) is 3.15. The van der Waals surface area contributed by atoms with Crippen LogP contribution in [-0.4, -0.2) is 52.4 Å². The molecular formula is C20H34N4O2. The highest BCUT2D eigenvalue weighted by atomic mass is 16.5. The van der Waals surface area contributed by atoms with Crippen LogP contribution in [0.3, 0.4) is 0 Å². The lowest BCUT2D eigenvalue weighted by Crippen LogP contribution is -2.44. The van der Waals surface area contributed by atoms with Crippen LogP contribution in [0.5, 0.6) is 11.5 Å². The predicted octanol–water partition coefficient (Wildman–Crippen LogP) is 3.03. The van der Waals surface area contributed by atoms with Gasteiger partial charge in [-0.05, 0) is 19.8 Å². The van der Waals surface area contributed by atoms with Crippen LogP contribution < -0.4 is 25.0 Å². The molecule has 1 fully saturated rings. The molecular weight excluding hydrogens is 328 g/mol. The molecule has 6 nitrogen and oxygen atoms in total. The van der Waals surface area contributed by atoms with Crippen LogP contribution in [0.2, 0.25) is 0 Å². The molecule has 1 aromatic rings. The summed E-state index contributed by atoms with van der Waals surface area (Å²) in [6.07, 6.45) is 4.69. The minimum atomic E-state index is 0.385. The maximum absolute atomic E-state index is 5.39. The van der Waals surface area contributed by atoms with E-state index in [0.717, 1.165) is 62.2 Å². The number of hydrogen-bond donors (Lipinski definition) is 2. The fraction of sp³-hybridized carbons (Fsp3) is 0.650. The van der Waals surface area contributed by atoms with Crippen LogP contribution >= 0.6 is 0 Å². The lowest BCUT2D eigenvalue weighted by Gasteiger charge is -2.21. The summed E-state index contributed by atoms with van der Waals surface area (Å²) in [5.74, 6) is 2.57. The minimum Gasteiger partial charge on any atom is -0.497 e. The van der Waals surface area contributed by atoms with E-state index in [-0.39, 0.29) is 0 Å². The molecule has 1 aliphatic heterocycles. The molecule has 0 amide bonds. The molecule has 1 atom stereocenters. The van der Waals surface area contributed by atoms with Crippen LogP contribution in [-0.2, 0) is 0 Å². The van der Waals surface area contributed by atoms with Crippen LogP contribution in [0.15, 0.2) is 23.2 Å². The lowest BCUT2D eigenvalue weighted by molar-refractivity contribution is 0.394. The Morgan fingerprint density at radius 1 is 1.15 bits per heavy atom. The third-order valence-electron chi connectivity index (χ3n) is 4.61. The van der Waals surface area contributed by atoms with Crippen molar-refractivity contribution in [1.82, 2.24) is 10.6 Å². The fourth-order valence-corrected chi connectivity index (χ4v) is 3.15. The second kappa shape index (κ2) is 10.8. The van der Waals surface area contributed by atoms with Gasteiger partial charge in [0, 0.05) is 56.1 Å². The first-order valence-corrected chi connectivity index (χ1v) is 9.73. The molecule has 1 aromatic carbocycles. The van der Waals surface area contributed by atoms with Crippen molar-refractivity contribution in [3.05, 3.63) is 18.2 Å². The standard InChI is InChI=1S/C20H34N4O2/c1-5-7-8-10-22-20(21-6-2)23-16-9-11-24(15-16)17-12-18(25-3)14-19(13-17)26-4/h12-14,16H,5-11,15H2,1-4H3,(H2,21,22,23). The minimum absolute atomic E-state index is 0.385. The molecule has 146 valence electrons. The van der Waals surface area contributed by atoms with Gasteiger partial charge < -0.3 is 25.0 Å². The first kappa shape index (κ1) is 20.2. The first-order chi connectivity index (χ1) is 12.7. The van der Waals surface area contributed by atoms with Gasteiger partial charge in [-0.3, -0.25) is 4.99 Å². The Hall–Kier alpha value is -2.11. The van der Waals surface area contributed by atoms with Crippen LogP contribution in [0.4, 0.5) is 5.69 Å². The molecule has 0 bridgehead atoms. The zero-order chi connectivity index (χ0) is 18.8. The van der Waals surface area contributed by atoms with Crippen molar-refractivity contribution in [2.75, 3.05) is 45.3 Å². The first-order valence-electron chi connectivity index (χ1n) is 9.73. The second-order valence-corrected chi connectivity index (χ2v) is 6.61. The second-order valence-electron chi connectivity index (χ2n) is 6.61. The van der Waals surface area contributed by atoms with Gasteiger partial charge in [0.05, 0.1) is 14.2 Å². The van der Waals surface area contributed by atoms with E-state index in [1.54, 1.807) is 14.2 Å². The van der Waals surface area contributed by atoms with Gasteiger partial charge in [-0.2, -0.15) is 0 Å². The quantitative estimate of drug-likeness (QED) is 0.402. The summed E-state index contributed by atoms with van der Waals surface area (Å²) in [6, 6.07) is 6.42. The van der Waals surface area contributed by atoms with E-state index < -0.39 is 0 Å². The van der Waals surface area contributed by atoms with Crippen molar-refractivity contribution >= 4 is 11.6 Å². The Labute approximate surface area is 158 Å². The van der Waals surface area contributed by atoms with Gasteiger partial charge in [-0.25, -0.2) is 0 Å². The molecule has 0 aromatic heterocycles. The summed E-state index contributed by atoms with van der Waals surface area (Å²) in [4.78, 5) is 7.07. The molecule has 1 heterocycles. The molecule has 2 rings (SSSR count). The number of unbranched alkanes of at least 4 members (excludes halogenated alkanes) is 2.